The lowest BCUT2D eigenvalue weighted by molar-refractivity contribution is -0.121. The molecule has 2 heterocycles. The second kappa shape index (κ2) is 8.66. The standard InChI is InChI=1S/C23H25FN2O3/c1-28-17-7-4-15(5-8-17)23-19(20-13-16(24)6-10-21(20)26-23)9-11-22(27)25-14-18-3-2-12-29-18/h4-8,10,13,18,26H,2-3,9,11-12,14H2,1H3,(H,25,27). The molecule has 6 heteroatoms. The Morgan fingerprint density at radius 1 is 1.28 bits per heavy atom. The van der Waals surface area contributed by atoms with Gasteiger partial charge >= 0.3 is 0 Å². The highest BCUT2D eigenvalue weighted by Gasteiger charge is 2.18. The topological polar surface area (TPSA) is 63.4 Å². The number of amides is 1. The molecule has 1 saturated heterocycles. The summed E-state index contributed by atoms with van der Waals surface area (Å²) in [6.45, 7) is 1.32. The van der Waals surface area contributed by atoms with Gasteiger partial charge in [0, 0.05) is 36.2 Å². The second-order valence-electron chi connectivity index (χ2n) is 7.34. The van der Waals surface area contributed by atoms with E-state index in [9.17, 15) is 9.18 Å². The fourth-order valence-electron chi connectivity index (χ4n) is 3.84. The fraction of sp³-hybridized carbons (Fsp3) is 0.348. The Hall–Kier alpha value is -2.86. The number of ether oxygens (including phenoxy) is 2. The summed E-state index contributed by atoms with van der Waals surface area (Å²) in [4.78, 5) is 15.7. The molecule has 2 N–H and O–H groups in total. The first-order chi connectivity index (χ1) is 14.1. The Morgan fingerprint density at radius 3 is 2.83 bits per heavy atom. The summed E-state index contributed by atoms with van der Waals surface area (Å²) < 4.78 is 24.7. The van der Waals surface area contributed by atoms with E-state index in [1.807, 2.05) is 24.3 Å². The summed E-state index contributed by atoms with van der Waals surface area (Å²) in [5.41, 5.74) is 3.67. The van der Waals surface area contributed by atoms with E-state index in [-0.39, 0.29) is 17.8 Å². The zero-order chi connectivity index (χ0) is 20.2. The van der Waals surface area contributed by atoms with Crippen molar-refractivity contribution in [3.8, 4) is 17.0 Å². The molecule has 1 aliphatic heterocycles. The number of hydrogen-bond donors (Lipinski definition) is 2. The number of aromatic amines is 1. The highest BCUT2D eigenvalue weighted by atomic mass is 19.1. The maximum absolute atomic E-state index is 13.9. The number of carbonyl (C=O) groups excluding carboxylic acids is 1. The van der Waals surface area contributed by atoms with Crippen LogP contribution in [0.4, 0.5) is 4.39 Å². The van der Waals surface area contributed by atoms with Crippen LogP contribution in [0.25, 0.3) is 22.2 Å². The first kappa shape index (κ1) is 19.5. The summed E-state index contributed by atoms with van der Waals surface area (Å²) in [6.07, 6.45) is 3.01. The zero-order valence-electron chi connectivity index (χ0n) is 16.5. The number of aromatic nitrogens is 1. The van der Waals surface area contributed by atoms with Gasteiger partial charge in [-0.15, -0.1) is 0 Å². The van der Waals surface area contributed by atoms with E-state index in [4.69, 9.17) is 9.47 Å². The molecule has 29 heavy (non-hydrogen) atoms. The van der Waals surface area contributed by atoms with Gasteiger partial charge in [-0.2, -0.15) is 0 Å². The van der Waals surface area contributed by atoms with Gasteiger partial charge in [-0.1, -0.05) is 0 Å². The number of halogens is 1. The highest BCUT2D eigenvalue weighted by Crippen LogP contribution is 2.32. The summed E-state index contributed by atoms with van der Waals surface area (Å²) in [7, 11) is 1.63. The first-order valence-electron chi connectivity index (χ1n) is 9.97. The molecule has 0 aliphatic carbocycles. The molecule has 1 amide bonds. The molecule has 1 aromatic heterocycles. The van der Waals surface area contributed by atoms with Gasteiger partial charge < -0.3 is 19.8 Å². The van der Waals surface area contributed by atoms with Crippen molar-refractivity contribution >= 4 is 16.8 Å². The van der Waals surface area contributed by atoms with E-state index in [0.29, 0.717) is 19.4 Å². The number of hydrogen-bond acceptors (Lipinski definition) is 3. The van der Waals surface area contributed by atoms with Gasteiger partial charge in [0.2, 0.25) is 5.91 Å². The molecule has 1 aliphatic rings. The second-order valence-corrected chi connectivity index (χ2v) is 7.34. The minimum absolute atomic E-state index is 0.0214. The van der Waals surface area contributed by atoms with Gasteiger partial charge in [-0.25, -0.2) is 4.39 Å². The predicted octanol–water partition coefficient (Wildman–Crippen LogP) is 4.21. The Bertz CT molecular complexity index is 991. The van der Waals surface area contributed by atoms with Gasteiger partial charge in [0.15, 0.2) is 0 Å². The SMILES string of the molecule is COc1ccc(-c2[nH]c3ccc(F)cc3c2CCC(=O)NCC2CCCO2)cc1. The highest BCUT2D eigenvalue weighted by molar-refractivity contribution is 5.91. The van der Waals surface area contributed by atoms with Gasteiger partial charge in [-0.05, 0) is 72.9 Å². The minimum Gasteiger partial charge on any atom is -0.497 e. The Kier molecular flexibility index (Phi) is 5.81. The van der Waals surface area contributed by atoms with E-state index in [2.05, 4.69) is 10.3 Å². The molecule has 1 fully saturated rings. The molecule has 0 radical (unpaired) electrons. The Balaban J connectivity index is 1.55. The molecule has 2 aromatic carbocycles. The number of nitrogens with one attached hydrogen (secondary N) is 2. The van der Waals surface area contributed by atoms with Crippen molar-refractivity contribution in [3.05, 3.63) is 53.8 Å². The zero-order valence-corrected chi connectivity index (χ0v) is 16.5. The van der Waals surface area contributed by atoms with E-state index in [0.717, 1.165) is 52.9 Å². The van der Waals surface area contributed by atoms with Crippen LogP contribution >= 0.6 is 0 Å². The molecule has 0 bridgehead atoms. The fourth-order valence-corrected chi connectivity index (χ4v) is 3.84. The molecular formula is C23H25FN2O3. The monoisotopic (exact) mass is 396 g/mol. The summed E-state index contributed by atoms with van der Waals surface area (Å²) in [5, 5.41) is 3.76. The van der Waals surface area contributed by atoms with Crippen molar-refractivity contribution in [2.45, 2.75) is 31.8 Å². The molecule has 0 saturated carbocycles. The maximum Gasteiger partial charge on any atom is 0.220 e. The first-order valence-corrected chi connectivity index (χ1v) is 9.97. The summed E-state index contributed by atoms with van der Waals surface area (Å²) in [5.74, 6) is 0.458. The Morgan fingerprint density at radius 2 is 2.10 bits per heavy atom. The molecule has 0 spiro atoms. The van der Waals surface area contributed by atoms with E-state index >= 15 is 0 Å². The van der Waals surface area contributed by atoms with E-state index in [1.165, 1.54) is 12.1 Å². The molecular weight excluding hydrogens is 371 g/mol. The average Bonchev–Trinajstić information content (AvgIpc) is 3.38. The lowest BCUT2D eigenvalue weighted by Crippen LogP contribution is -2.31. The number of H-pyrrole nitrogens is 1. The number of carbonyl (C=O) groups is 1. The van der Waals surface area contributed by atoms with Gasteiger partial charge in [-0.3, -0.25) is 4.79 Å². The number of rotatable bonds is 7. The van der Waals surface area contributed by atoms with E-state index < -0.39 is 0 Å². The number of fused-ring (bicyclic) bond motifs is 1. The quantitative estimate of drug-likeness (QED) is 0.629. The Labute approximate surface area is 169 Å². The van der Waals surface area contributed by atoms with Crippen LogP contribution in [0.2, 0.25) is 0 Å². The largest absolute Gasteiger partial charge is 0.497 e. The molecule has 4 rings (SSSR count). The smallest absolute Gasteiger partial charge is 0.220 e. The summed E-state index contributed by atoms with van der Waals surface area (Å²) >= 11 is 0. The summed E-state index contributed by atoms with van der Waals surface area (Å²) in [6, 6.07) is 12.4. The van der Waals surface area contributed by atoms with Gasteiger partial charge in [0.25, 0.3) is 0 Å². The third-order valence-electron chi connectivity index (χ3n) is 5.40. The molecule has 3 aromatic rings. The van der Waals surface area contributed by atoms with Crippen molar-refractivity contribution in [2.24, 2.45) is 0 Å². The van der Waals surface area contributed by atoms with Crippen LogP contribution in [0, 0.1) is 5.82 Å². The molecule has 5 nitrogen and oxygen atoms in total. The third-order valence-corrected chi connectivity index (χ3v) is 5.40. The lowest BCUT2D eigenvalue weighted by atomic mass is 10.0. The van der Waals surface area contributed by atoms with Crippen LogP contribution in [0.5, 0.6) is 5.75 Å². The van der Waals surface area contributed by atoms with Gasteiger partial charge in [0.1, 0.15) is 11.6 Å². The molecule has 1 atom stereocenters. The maximum atomic E-state index is 13.9. The molecule has 1 unspecified atom stereocenters. The van der Waals surface area contributed by atoms with Crippen LogP contribution in [-0.4, -0.2) is 37.3 Å². The van der Waals surface area contributed by atoms with Crippen LogP contribution in [0.3, 0.4) is 0 Å². The van der Waals surface area contributed by atoms with Crippen LogP contribution in [0.15, 0.2) is 42.5 Å². The normalized spacial score (nSPS) is 16.3. The van der Waals surface area contributed by atoms with E-state index in [1.54, 1.807) is 13.2 Å². The van der Waals surface area contributed by atoms with Crippen molar-refractivity contribution in [3.63, 3.8) is 0 Å². The van der Waals surface area contributed by atoms with Crippen LogP contribution < -0.4 is 10.1 Å². The third kappa shape index (κ3) is 4.43. The average molecular weight is 396 g/mol. The number of aryl methyl sites for hydroxylation is 1. The van der Waals surface area contributed by atoms with Crippen molar-refractivity contribution in [1.29, 1.82) is 0 Å². The molecule has 152 valence electrons. The van der Waals surface area contributed by atoms with Crippen molar-refractivity contribution in [1.82, 2.24) is 10.3 Å². The minimum atomic E-state index is -0.290. The predicted molar refractivity (Wildman–Crippen MR) is 111 cm³/mol. The van der Waals surface area contributed by atoms with Crippen LogP contribution in [-0.2, 0) is 16.0 Å². The van der Waals surface area contributed by atoms with Crippen molar-refractivity contribution < 1.29 is 18.7 Å². The number of methoxy groups -OCH3 is 1. The number of benzene rings is 2. The van der Waals surface area contributed by atoms with Gasteiger partial charge in [0.05, 0.1) is 13.2 Å². The van der Waals surface area contributed by atoms with Crippen LogP contribution in [0.1, 0.15) is 24.8 Å². The lowest BCUT2D eigenvalue weighted by Gasteiger charge is -2.11. The van der Waals surface area contributed by atoms with Crippen molar-refractivity contribution in [2.75, 3.05) is 20.3 Å².